The highest BCUT2D eigenvalue weighted by atomic mass is 16.3. The van der Waals surface area contributed by atoms with E-state index in [-0.39, 0.29) is 12.1 Å². The second kappa shape index (κ2) is 8.04. The second-order valence-electron chi connectivity index (χ2n) is 5.42. The lowest BCUT2D eigenvalue weighted by Gasteiger charge is -2.32. The van der Waals surface area contributed by atoms with Crippen LogP contribution in [0.2, 0.25) is 0 Å². The van der Waals surface area contributed by atoms with Gasteiger partial charge < -0.3 is 15.3 Å². The molecule has 0 saturated carbocycles. The molecule has 1 atom stereocenters. The van der Waals surface area contributed by atoms with E-state index in [0.717, 1.165) is 19.5 Å². The van der Waals surface area contributed by atoms with Gasteiger partial charge in [-0.15, -0.1) is 0 Å². The third-order valence-corrected chi connectivity index (χ3v) is 2.92. The number of rotatable bonds is 9. The Hall–Kier alpha value is -0.120. The fourth-order valence-corrected chi connectivity index (χ4v) is 1.87. The van der Waals surface area contributed by atoms with Crippen molar-refractivity contribution in [1.29, 1.82) is 0 Å². The minimum Gasteiger partial charge on any atom is -0.394 e. The van der Waals surface area contributed by atoms with E-state index in [2.05, 4.69) is 45.0 Å². The third-order valence-electron chi connectivity index (χ3n) is 2.92. The monoisotopic (exact) mass is 230 g/mol. The molecule has 0 aromatic heterocycles. The molecule has 0 aromatic carbocycles. The molecule has 0 spiro atoms. The summed E-state index contributed by atoms with van der Waals surface area (Å²) in [6.07, 6.45) is 3.48. The summed E-state index contributed by atoms with van der Waals surface area (Å²) in [7, 11) is 2.16. The van der Waals surface area contributed by atoms with Gasteiger partial charge in [0.25, 0.3) is 0 Å². The number of hydrogen-bond acceptors (Lipinski definition) is 3. The summed E-state index contributed by atoms with van der Waals surface area (Å²) in [5.41, 5.74) is -0.144. The van der Waals surface area contributed by atoms with Gasteiger partial charge in [-0.2, -0.15) is 0 Å². The lowest BCUT2D eigenvalue weighted by Crippen LogP contribution is -2.50. The first kappa shape index (κ1) is 15.9. The first-order valence-electron chi connectivity index (χ1n) is 6.50. The Bertz CT molecular complexity index is 173. The highest BCUT2D eigenvalue weighted by molar-refractivity contribution is 4.84. The Morgan fingerprint density at radius 2 is 1.94 bits per heavy atom. The number of hydrogen-bond donors (Lipinski definition) is 2. The van der Waals surface area contributed by atoms with Crippen LogP contribution in [-0.2, 0) is 0 Å². The Morgan fingerprint density at radius 3 is 2.38 bits per heavy atom. The first-order valence-corrected chi connectivity index (χ1v) is 6.50. The van der Waals surface area contributed by atoms with E-state index in [4.69, 9.17) is 0 Å². The number of unbranched alkanes of at least 4 members (excludes halogenated alkanes) is 1. The van der Waals surface area contributed by atoms with E-state index in [0.29, 0.717) is 6.04 Å². The lowest BCUT2D eigenvalue weighted by molar-refractivity contribution is 0.143. The molecule has 0 aromatic rings. The van der Waals surface area contributed by atoms with Crippen LogP contribution in [0.1, 0.15) is 47.0 Å². The number of aliphatic hydroxyl groups excluding tert-OH is 1. The van der Waals surface area contributed by atoms with Crippen molar-refractivity contribution in [3.63, 3.8) is 0 Å². The van der Waals surface area contributed by atoms with Gasteiger partial charge in [0, 0.05) is 11.6 Å². The highest BCUT2D eigenvalue weighted by Crippen LogP contribution is 2.11. The van der Waals surface area contributed by atoms with Crippen LogP contribution in [0.5, 0.6) is 0 Å². The van der Waals surface area contributed by atoms with E-state index in [1.54, 1.807) is 0 Å². The van der Waals surface area contributed by atoms with Crippen molar-refractivity contribution in [2.75, 3.05) is 26.7 Å². The molecule has 16 heavy (non-hydrogen) atoms. The van der Waals surface area contributed by atoms with E-state index in [9.17, 15) is 5.11 Å². The van der Waals surface area contributed by atoms with Crippen LogP contribution in [0.25, 0.3) is 0 Å². The van der Waals surface area contributed by atoms with Crippen LogP contribution in [0, 0.1) is 0 Å². The molecular formula is C13H30N2O. The second-order valence-corrected chi connectivity index (χ2v) is 5.42. The topological polar surface area (TPSA) is 35.5 Å². The van der Waals surface area contributed by atoms with Crippen molar-refractivity contribution in [1.82, 2.24) is 10.2 Å². The predicted molar refractivity (Wildman–Crippen MR) is 70.8 cm³/mol. The molecule has 0 heterocycles. The minimum absolute atomic E-state index is 0.144. The summed E-state index contributed by atoms with van der Waals surface area (Å²) < 4.78 is 0. The van der Waals surface area contributed by atoms with Gasteiger partial charge in [-0.05, 0) is 39.9 Å². The van der Waals surface area contributed by atoms with Crippen LogP contribution in [0.3, 0.4) is 0 Å². The molecule has 98 valence electrons. The van der Waals surface area contributed by atoms with Crippen molar-refractivity contribution in [2.45, 2.75) is 58.5 Å². The lowest BCUT2D eigenvalue weighted by atomic mass is 9.97. The van der Waals surface area contributed by atoms with Gasteiger partial charge in [0.15, 0.2) is 0 Å². The van der Waals surface area contributed by atoms with Crippen LogP contribution in [0.15, 0.2) is 0 Å². The normalized spacial score (nSPS) is 15.8. The molecule has 0 fully saturated rings. The third kappa shape index (κ3) is 7.20. The number of aliphatic hydroxyl groups is 1. The highest BCUT2D eigenvalue weighted by Gasteiger charge is 2.23. The molecule has 0 radical (unpaired) electrons. The fourth-order valence-electron chi connectivity index (χ4n) is 1.87. The molecule has 1 unspecified atom stereocenters. The van der Waals surface area contributed by atoms with Gasteiger partial charge >= 0.3 is 0 Å². The Morgan fingerprint density at radius 1 is 1.31 bits per heavy atom. The Labute approximate surface area is 101 Å². The Kier molecular flexibility index (Phi) is 7.98. The van der Waals surface area contributed by atoms with Gasteiger partial charge in [-0.1, -0.05) is 27.2 Å². The average molecular weight is 230 g/mol. The maximum absolute atomic E-state index is 9.44. The van der Waals surface area contributed by atoms with Crippen LogP contribution >= 0.6 is 0 Å². The fraction of sp³-hybridized carbons (Fsp3) is 1.00. The quantitative estimate of drug-likeness (QED) is 0.634. The molecule has 3 heteroatoms. The smallest absolute Gasteiger partial charge is 0.0611 e. The van der Waals surface area contributed by atoms with Crippen LogP contribution < -0.4 is 5.32 Å². The number of nitrogens with zero attached hydrogens (tertiary/aromatic N) is 1. The molecule has 0 saturated heterocycles. The zero-order valence-corrected chi connectivity index (χ0v) is 11.7. The largest absolute Gasteiger partial charge is 0.394 e. The maximum Gasteiger partial charge on any atom is 0.0611 e. The van der Waals surface area contributed by atoms with E-state index < -0.39 is 0 Å². The van der Waals surface area contributed by atoms with Crippen molar-refractivity contribution < 1.29 is 5.11 Å². The van der Waals surface area contributed by atoms with Crippen LogP contribution in [-0.4, -0.2) is 48.3 Å². The summed E-state index contributed by atoms with van der Waals surface area (Å²) in [4.78, 5) is 2.35. The Balaban J connectivity index is 3.93. The zero-order valence-electron chi connectivity index (χ0n) is 11.7. The van der Waals surface area contributed by atoms with Gasteiger partial charge in [-0.3, -0.25) is 0 Å². The van der Waals surface area contributed by atoms with Crippen molar-refractivity contribution in [3.8, 4) is 0 Å². The molecule has 0 amide bonds. The minimum atomic E-state index is -0.144. The predicted octanol–water partition coefficient (Wildman–Crippen LogP) is 1.86. The zero-order chi connectivity index (χ0) is 12.6. The van der Waals surface area contributed by atoms with Gasteiger partial charge in [0.2, 0.25) is 0 Å². The SMILES string of the molecule is CCCCN(C)CCC(C)(CO)NC(C)C. The van der Waals surface area contributed by atoms with Crippen LogP contribution in [0.4, 0.5) is 0 Å². The summed E-state index contributed by atoms with van der Waals surface area (Å²) in [6, 6.07) is 0.415. The average Bonchev–Trinajstić information content (AvgIpc) is 2.22. The molecular weight excluding hydrogens is 200 g/mol. The summed E-state index contributed by atoms with van der Waals surface area (Å²) in [5.74, 6) is 0. The maximum atomic E-state index is 9.44. The summed E-state index contributed by atoms with van der Waals surface area (Å²) in [6.45, 7) is 10.9. The van der Waals surface area contributed by atoms with Crippen molar-refractivity contribution in [3.05, 3.63) is 0 Å². The van der Waals surface area contributed by atoms with E-state index in [1.807, 2.05) is 0 Å². The standard InChI is InChI=1S/C13H30N2O/c1-6-7-9-15(5)10-8-13(4,11-16)14-12(2)3/h12,14,16H,6-11H2,1-5H3. The molecule has 0 bridgehead atoms. The van der Waals surface area contributed by atoms with E-state index in [1.165, 1.54) is 12.8 Å². The summed E-state index contributed by atoms with van der Waals surface area (Å²) >= 11 is 0. The van der Waals surface area contributed by atoms with Crippen molar-refractivity contribution >= 4 is 0 Å². The van der Waals surface area contributed by atoms with Crippen molar-refractivity contribution in [2.24, 2.45) is 0 Å². The molecule has 0 aliphatic heterocycles. The molecule has 3 nitrogen and oxygen atoms in total. The van der Waals surface area contributed by atoms with Gasteiger partial charge in [-0.25, -0.2) is 0 Å². The summed E-state index contributed by atoms with van der Waals surface area (Å²) in [5, 5.41) is 12.9. The molecule has 0 aliphatic carbocycles. The molecule has 0 aliphatic rings. The molecule has 0 rings (SSSR count). The number of nitrogens with one attached hydrogen (secondary N) is 1. The first-order chi connectivity index (χ1) is 7.43. The van der Waals surface area contributed by atoms with E-state index >= 15 is 0 Å². The van der Waals surface area contributed by atoms with Gasteiger partial charge in [0.1, 0.15) is 0 Å². The van der Waals surface area contributed by atoms with Gasteiger partial charge in [0.05, 0.1) is 6.61 Å². The molecule has 2 N–H and O–H groups in total.